The van der Waals surface area contributed by atoms with Gasteiger partial charge in [-0.05, 0) is 37.4 Å². The molecule has 0 aliphatic rings. The van der Waals surface area contributed by atoms with Crippen LogP contribution in [0, 0.1) is 0 Å². The lowest BCUT2D eigenvalue weighted by atomic mass is 9.96. The standard InChI is InChI=1S/C18H34O2Si/c1-12(2)11-18(10,20)16(9)17(19)21(13(3)4,14(5)6)15(7)8/h11,13-15,20H,9H2,1-8,10H3. The molecule has 0 aromatic heterocycles. The molecule has 3 heteroatoms. The van der Waals surface area contributed by atoms with Crippen LogP contribution in [0.3, 0.4) is 0 Å². The van der Waals surface area contributed by atoms with E-state index in [9.17, 15) is 9.90 Å². The molecule has 0 rings (SSSR count). The molecule has 0 amide bonds. The number of rotatable bonds is 7. The van der Waals surface area contributed by atoms with E-state index in [2.05, 4.69) is 48.1 Å². The summed E-state index contributed by atoms with van der Waals surface area (Å²) in [5.74, 6) is 0. The highest BCUT2D eigenvalue weighted by Crippen LogP contribution is 2.44. The van der Waals surface area contributed by atoms with Crippen LogP contribution < -0.4 is 0 Å². The molecular formula is C18H34O2Si. The van der Waals surface area contributed by atoms with E-state index in [1.165, 1.54) is 0 Å². The van der Waals surface area contributed by atoms with E-state index in [1.807, 2.05) is 13.8 Å². The number of carbonyl (C=O) groups excluding carboxylic acids is 1. The Balaban J connectivity index is 5.94. The molecular weight excluding hydrogens is 276 g/mol. The molecule has 21 heavy (non-hydrogen) atoms. The number of carbonyl (C=O) groups is 1. The van der Waals surface area contributed by atoms with Gasteiger partial charge in [0.2, 0.25) is 0 Å². The summed E-state index contributed by atoms with van der Waals surface area (Å²) in [4.78, 5) is 13.3. The minimum absolute atomic E-state index is 0.130. The van der Waals surface area contributed by atoms with Crippen LogP contribution in [0.5, 0.6) is 0 Å². The van der Waals surface area contributed by atoms with E-state index in [4.69, 9.17) is 0 Å². The second-order valence-corrected chi connectivity index (χ2v) is 13.4. The van der Waals surface area contributed by atoms with Gasteiger partial charge in [0.1, 0.15) is 19.1 Å². The third-order valence-corrected chi connectivity index (χ3v) is 11.5. The van der Waals surface area contributed by atoms with Crippen LogP contribution >= 0.6 is 0 Å². The normalized spacial score (nSPS) is 15.3. The Morgan fingerprint density at radius 3 is 1.62 bits per heavy atom. The summed E-state index contributed by atoms with van der Waals surface area (Å²) >= 11 is 0. The van der Waals surface area contributed by atoms with Crippen molar-refractivity contribution in [2.24, 2.45) is 0 Å². The highest BCUT2D eigenvalue weighted by molar-refractivity contribution is 7.10. The lowest BCUT2D eigenvalue weighted by Crippen LogP contribution is -2.55. The Labute approximate surface area is 132 Å². The van der Waals surface area contributed by atoms with Crippen LogP contribution in [0.15, 0.2) is 23.8 Å². The maximum Gasteiger partial charge on any atom is 0.146 e. The summed E-state index contributed by atoms with van der Waals surface area (Å²) in [5, 5.41) is 10.8. The van der Waals surface area contributed by atoms with Gasteiger partial charge in [-0.25, -0.2) is 0 Å². The first kappa shape index (κ1) is 20.3. The monoisotopic (exact) mass is 310 g/mol. The minimum Gasteiger partial charge on any atom is -0.381 e. The average Bonchev–Trinajstić information content (AvgIpc) is 2.24. The first-order chi connectivity index (χ1) is 9.31. The number of hydrogen-bond donors (Lipinski definition) is 1. The fourth-order valence-corrected chi connectivity index (χ4v) is 10.3. The Morgan fingerprint density at radius 1 is 1.05 bits per heavy atom. The molecule has 1 atom stereocenters. The van der Waals surface area contributed by atoms with Crippen molar-refractivity contribution in [2.75, 3.05) is 0 Å². The van der Waals surface area contributed by atoms with Gasteiger partial charge in [-0.1, -0.05) is 59.8 Å². The molecule has 122 valence electrons. The fourth-order valence-electron chi connectivity index (χ4n) is 3.93. The predicted octanol–water partition coefficient (Wildman–Crippen LogP) is 5.05. The van der Waals surface area contributed by atoms with Crippen LogP contribution in [0.25, 0.3) is 0 Å². The highest BCUT2D eigenvalue weighted by Gasteiger charge is 2.51. The minimum atomic E-state index is -2.28. The van der Waals surface area contributed by atoms with E-state index in [0.717, 1.165) is 5.57 Å². The summed E-state index contributed by atoms with van der Waals surface area (Å²) in [6.07, 6.45) is 1.73. The van der Waals surface area contributed by atoms with Crippen molar-refractivity contribution < 1.29 is 9.90 Å². The summed E-state index contributed by atoms with van der Waals surface area (Å²) in [7, 11) is -2.28. The molecule has 2 nitrogen and oxygen atoms in total. The van der Waals surface area contributed by atoms with Crippen molar-refractivity contribution >= 4 is 13.5 Å². The summed E-state index contributed by atoms with van der Waals surface area (Å²) in [5.41, 5.74) is 1.05. The lowest BCUT2D eigenvalue weighted by molar-refractivity contribution is -0.111. The molecule has 0 saturated heterocycles. The van der Waals surface area contributed by atoms with Gasteiger partial charge < -0.3 is 9.90 Å². The molecule has 0 aliphatic heterocycles. The topological polar surface area (TPSA) is 37.3 Å². The van der Waals surface area contributed by atoms with Gasteiger partial charge in [0.25, 0.3) is 0 Å². The molecule has 0 bridgehead atoms. The van der Waals surface area contributed by atoms with E-state index in [1.54, 1.807) is 13.0 Å². The Bertz CT molecular complexity index is 403. The van der Waals surface area contributed by atoms with Crippen molar-refractivity contribution in [1.29, 1.82) is 0 Å². The third-order valence-electron chi connectivity index (χ3n) is 4.71. The Morgan fingerprint density at radius 2 is 1.38 bits per heavy atom. The second kappa shape index (κ2) is 7.06. The molecule has 0 spiro atoms. The second-order valence-electron chi connectivity index (χ2n) is 7.57. The maximum atomic E-state index is 13.3. The van der Waals surface area contributed by atoms with Crippen molar-refractivity contribution in [2.45, 2.75) is 84.5 Å². The molecule has 0 radical (unpaired) electrons. The molecule has 0 fully saturated rings. The van der Waals surface area contributed by atoms with Crippen LogP contribution in [0.4, 0.5) is 0 Å². The van der Waals surface area contributed by atoms with Gasteiger partial charge in [-0.3, -0.25) is 0 Å². The molecule has 0 saturated carbocycles. The largest absolute Gasteiger partial charge is 0.381 e. The average molecular weight is 311 g/mol. The number of hydrogen-bond acceptors (Lipinski definition) is 2. The van der Waals surface area contributed by atoms with Crippen LogP contribution in [-0.4, -0.2) is 24.2 Å². The van der Waals surface area contributed by atoms with E-state index in [0.29, 0.717) is 22.2 Å². The first-order valence-corrected chi connectivity index (χ1v) is 10.2. The Kier molecular flexibility index (Phi) is 6.83. The molecule has 0 heterocycles. The van der Waals surface area contributed by atoms with E-state index >= 15 is 0 Å². The molecule has 1 N–H and O–H groups in total. The molecule has 0 aliphatic carbocycles. The zero-order valence-electron chi connectivity index (χ0n) is 15.4. The fraction of sp³-hybridized carbons (Fsp3) is 0.722. The Hall–Kier alpha value is -0.673. The van der Waals surface area contributed by atoms with Gasteiger partial charge in [-0.2, -0.15) is 0 Å². The van der Waals surface area contributed by atoms with E-state index in [-0.39, 0.29) is 5.41 Å². The SMILES string of the molecule is C=C(C(=O)[Si](C(C)C)(C(C)C)C(C)C)C(C)(O)C=C(C)C. The zero-order valence-corrected chi connectivity index (χ0v) is 16.4. The lowest BCUT2D eigenvalue weighted by Gasteiger charge is -2.43. The number of aliphatic hydroxyl groups is 1. The van der Waals surface area contributed by atoms with Crippen molar-refractivity contribution in [3.05, 3.63) is 23.8 Å². The van der Waals surface area contributed by atoms with Crippen molar-refractivity contribution in [3.63, 3.8) is 0 Å². The van der Waals surface area contributed by atoms with Crippen LogP contribution in [0.1, 0.15) is 62.3 Å². The van der Waals surface area contributed by atoms with Crippen LogP contribution in [-0.2, 0) is 4.79 Å². The summed E-state index contributed by atoms with van der Waals surface area (Å²) < 4.78 is 0. The van der Waals surface area contributed by atoms with Gasteiger partial charge in [-0.15, -0.1) is 0 Å². The third kappa shape index (κ3) is 3.95. The summed E-state index contributed by atoms with van der Waals surface area (Å²) in [6, 6.07) is 0. The van der Waals surface area contributed by atoms with Gasteiger partial charge in [0.05, 0.1) is 0 Å². The quantitative estimate of drug-likeness (QED) is 0.406. The molecule has 1 unspecified atom stereocenters. The maximum absolute atomic E-state index is 13.3. The van der Waals surface area contributed by atoms with Gasteiger partial charge in [0.15, 0.2) is 0 Å². The van der Waals surface area contributed by atoms with Gasteiger partial charge in [0, 0.05) is 5.57 Å². The molecule has 0 aromatic rings. The van der Waals surface area contributed by atoms with Crippen molar-refractivity contribution in [3.8, 4) is 0 Å². The van der Waals surface area contributed by atoms with Crippen LogP contribution in [0.2, 0.25) is 16.6 Å². The highest BCUT2D eigenvalue weighted by atomic mass is 28.3. The summed E-state index contributed by atoms with van der Waals surface area (Å²) in [6.45, 7) is 22.4. The number of allylic oxidation sites excluding steroid dienone is 1. The zero-order chi connectivity index (χ0) is 17.2. The van der Waals surface area contributed by atoms with E-state index < -0.39 is 13.7 Å². The predicted molar refractivity (Wildman–Crippen MR) is 95.2 cm³/mol. The van der Waals surface area contributed by atoms with Gasteiger partial charge >= 0.3 is 0 Å². The molecule has 0 aromatic carbocycles. The van der Waals surface area contributed by atoms with Crippen molar-refractivity contribution in [1.82, 2.24) is 0 Å². The first-order valence-electron chi connectivity index (χ1n) is 7.94. The smallest absolute Gasteiger partial charge is 0.146 e.